The summed E-state index contributed by atoms with van der Waals surface area (Å²) in [7, 11) is 0. The second-order valence-corrected chi connectivity index (χ2v) is 4.44. The first-order chi connectivity index (χ1) is 7.25. The fourth-order valence-corrected chi connectivity index (χ4v) is 2.46. The fraction of sp³-hybridized carbons (Fsp3) is 0.0833. The van der Waals surface area contributed by atoms with Crippen LogP contribution in [0.4, 0.5) is 0 Å². The van der Waals surface area contributed by atoms with Gasteiger partial charge in [0, 0.05) is 16.3 Å². The molecule has 1 aromatic carbocycles. The Kier molecular flexibility index (Phi) is 1.83. The van der Waals surface area contributed by atoms with Gasteiger partial charge in [-0.25, -0.2) is 4.98 Å². The number of halogens is 1. The zero-order valence-electron chi connectivity index (χ0n) is 8.21. The number of nitrogens with zero attached hydrogens (tertiary/aromatic N) is 1. The van der Waals surface area contributed by atoms with Gasteiger partial charge in [0.2, 0.25) is 0 Å². The third-order valence-electron chi connectivity index (χ3n) is 2.65. The normalized spacial score (nSPS) is 11.3. The molecule has 0 amide bonds. The van der Waals surface area contributed by atoms with Gasteiger partial charge in [0.1, 0.15) is 4.60 Å². The van der Waals surface area contributed by atoms with E-state index in [-0.39, 0.29) is 0 Å². The summed E-state index contributed by atoms with van der Waals surface area (Å²) >= 11 is 3.43. The molecule has 0 fully saturated rings. The highest BCUT2D eigenvalue weighted by Gasteiger charge is 2.07. The lowest BCUT2D eigenvalue weighted by Crippen LogP contribution is -1.83. The lowest BCUT2D eigenvalue weighted by Gasteiger charge is -1.96. The predicted molar refractivity (Wildman–Crippen MR) is 66.0 cm³/mol. The van der Waals surface area contributed by atoms with Crippen LogP contribution in [-0.4, -0.2) is 9.97 Å². The van der Waals surface area contributed by atoms with Crippen LogP contribution in [-0.2, 0) is 0 Å². The maximum absolute atomic E-state index is 4.38. The number of nitrogens with one attached hydrogen (secondary N) is 1. The molecule has 0 spiro atoms. The summed E-state index contributed by atoms with van der Waals surface area (Å²) in [6, 6.07) is 10.4. The molecule has 0 bridgehead atoms. The molecule has 0 saturated carbocycles. The molecule has 0 unspecified atom stereocenters. The minimum Gasteiger partial charge on any atom is -0.353 e. The zero-order valence-corrected chi connectivity index (χ0v) is 9.80. The molecule has 15 heavy (non-hydrogen) atoms. The van der Waals surface area contributed by atoms with E-state index in [0.29, 0.717) is 0 Å². The molecule has 3 heteroatoms. The highest BCUT2D eigenvalue weighted by atomic mass is 79.9. The number of hydrogen-bond acceptors (Lipinski definition) is 1. The SMILES string of the molecule is Cc1nc(Br)cc2c1[nH]c1ccccc12. The first kappa shape index (κ1) is 8.92. The van der Waals surface area contributed by atoms with Crippen LogP contribution in [0.15, 0.2) is 34.9 Å². The molecule has 2 heterocycles. The van der Waals surface area contributed by atoms with E-state index in [9.17, 15) is 0 Å². The van der Waals surface area contributed by atoms with E-state index in [4.69, 9.17) is 0 Å². The van der Waals surface area contributed by atoms with Gasteiger partial charge in [-0.2, -0.15) is 0 Å². The van der Waals surface area contributed by atoms with Gasteiger partial charge in [-0.3, -0.25) is 0 Å². The molecule has 2 aromatic heterocycles. The van der Waals surface area contributed by atoms with Crippen molar-refractivity contribution in [2.75, 3.05) is 0 Å². The summed E-state index contributed by atoms with van der Waals surface area (Å²) in [5.41, 5.74) is 3.31. The Bertz CT molecular complexity index is 655. The summed E-state index contributed by atoms with van der Waals surface area (Å²) in [6.07, 6.45) is 0. The standard InChI is InChI=1S/C12H9BrN2/c1-7-12-9(6-11(13)14-7)8-4-2-3-5-10(8)15-12/h2-6,15H,1H3. The van der Waals surface area contributed by atoms with Gasteiger partial charge < -0.3 is 4.98 Å². The molecule has 0 radical (unpaired) electrons. The van der Waals surface area contributed by atoms with Crippen molar-refractivity contribution in [2.45, 2.75) is 6.92 Å². The van der Waals surface area contributed by atoms with Gasteiger partial charge in [0.25, 0.3) is 0 Å². The average molecular weight is 261 g/mol. The number of aromatic amines is 1. The van der Waals surface area contributed by atoms with Gasteiger partial charge in [0.05, 0.1) is 11.2 Å². The molecular formula is C12H9BrN2. The minimum absolute atomic E-state index is 0.886. The maximum atomic E-state index is 4.38. The number of hydrogen-bond donors (Lipinski definition) is 1. The van der Waals surface area contributed by atoms with Crippen molar-refractivity contribution in [1.82, 2.24) is 9.97 Å². The van der Waals surface area contributed by atoms with Gasteiger partial charge >= 0.3 is 0 Å². The molecule has 0 aliphatic carbocycles. The summed E-state index contributed by atoms with van der Waals surface area (Å²) in [6.45, 7) is 2.02. The van der Waals surface area contributed by atoms with Crippen LogP contribution in [0, 0.1) is 6.92 Å². The topological polar surface area (TPSA) is 28.7 Å². The Balaban J connectivity index is 2.61. The number of aromatic nitrogens is 2. The Labute approximate surface area is 95.5 Å². The van der Waals surface area contributed by atoms with Gasteiger partial charge in [-0.05, 0) is 35.0 Å². The van der Waals surface area contributed by atoms with Crippen LogP contribution in [0.25, 0.3) is 21.8 Å². The number of benzene rings is 1. The van der Waals surface area contributed by atoms with Crippen LogP contribution in [0.3, 0.4) is 0 Å². The molecule has 3 aromatic rings. The van der Waals surface area contributed by atoms with Crippen molar-refractivity contribution < 1.29 is 0 Å². The number of rotatable bonds is 0. The number of para-hydroxylation sites is 1. The van der Waals surface area contributed by atoms with E-state index >= 15 is 0 Å². The molecule has 74 valence electrons. The van der Waals surface area contributed by atoms with Crippen LogP contribution in [0.1, 0.15) is 5.69 Å². The highest BCUT2D eigenvalue weighted by Crippen LogP contribution is 2.28. The van der Waals surface area contributed by atoms with Crippen LogP contribution >= 0.6 is 15.9 Å². The van der Waals surface area contributed by atoms with Crippen molar-refractivity contribution in [1.29, 1.82) is 0 Å². The largest absolute Gasteiger partial charge is 0.353 e. The van der Waals surface area contributed by atoms with E-state index in [1.165, 1.54) is 10.8 Å². The van der Waals surface area contributed by atoms with Crippen molar-refractivity contribution in [3.8, 4) is 0 Å². The number of fused-ring (bicyclic) bond motifs is 3. The summed E-state index contributed by atoms with van der Waals surface area (Å²) in [5.74, 6) is 0. The van der Waals surface area contributed by atoms with Crippen molar-refractivity contribution >= 4 is 37.7 Å². The second kappa shape index (κ2) is 3.07. The van der Waals surface area contributed by atoms with Crippen LogP contribution < -0.4 is 0 Å². The Hall–Kier alpha value is -1.35. The lowest BCUT2D eigenvalue weighted by atomic mass is 10.2. The number of pyridine rings is 1. The summed E-state index contributed by atoms with van der Waals surface area (Å²) in [5, 5.41) is 2.48. The molecule has 0 atom stereocenters. The molecular weight excluding hydrogens is 252 g/mol. The van der Waals surface area contributed by atoms with Crippen molar-refractivity contribution in [3.05, 3.63) is 40.6 Å². The first-order valence-electron chi connectivity index (χ1n) is 4.79. The number of aryl methyl sites for hydroxylation is 1. The van der Waals surface area contributed by atoms with Crippen molar-refractivity contribution in [3.63, 3.8) is 0 Å². The third-order valence-corrected chi connectivity index (χ3v) is 3.05. The average Bonchev–Trinajstić information content (AvgIpc) is 2.57. The van der Waals surface area contributed by atoms with E-state index in [1.807, 2.05) is 13.0 Å². The van der Waals surface area contributed by atoms with Gasteiger partial charge in [0.15, 0.2) is 0 Å². The Morgan fingerprint density at radius 3 is 2.87 bits per heavy atom. The predicted octanol–water partition coefficient (Wildman–Crippen LogP) is 3.79. The summed E-state index contributed by atoms with van der Waals surface area (Å²) < 4.78 is 0.886. The third kappa shape index (κ3) is 1.27. The molecule has 0 saturated heterocycles. The molecule has 0 aliphatic heterocycles. The van der Waals surface area contributed by atoms with E-state index < -0.39 is 0 Å². The second-order valence-electron chi connectivity index (χ2n) is 3.62. The van der Waals surface area contributed by atoms with Crippen LogP contribution in [0.2, 0.25) is 0 Å². The first-order valence-corrected chi connectivity index (χ1v) is 5.58. The summed E-state index contributed by atoms with van der Waals surface area (Å²) in [4.78, 5) is 7.77. The van der Waals surface area contributed by atoms with Gasteiger partial charge in [-0.15, -0.1) is 0 Å². The van der Waals surface area contributed by atoms with Gasteiger partial charge in [-0.1, -0.05) is 18.2 Å². The Morgan fingerprint density at radius 2 is 2.00 bits per heavy atom. The van der Waals surface area contributed by atoms with E-state index in [1.54, 1.807) is 0 Å². The zero-order chi connectivity index (χ0) is 10.4. The smallest absolute Gasteiger partial charge is 0.107 e. The fourth-order valence-electron chi connectivity index (χ4n) is 1.97. The van der Waals surface area contributed by atoms with Crippen molar-refractivity contribution in [2.24, 2.45) is 0 Å². The highest BCUT2D eigenvalue weighted by molar-refractivity contribution is 9.10. The van der Waals surface area contributed by atoms with E-state index in [2.05, 4.69) is 50.2 Å². The molecule has 1 N–H and O–H groups in total. The van der Waals surface area contributed by atoms with Crippen LogP contribution in [0.5, 0.6) is 0 Å². The maximum Gasteiger partial charge on any atom is 0.107 e. The molecule has 3 rings (SSSR count). The van der Waals surface area contributed by atoms with E-state index in [0.717, 1.165) is 21.3 Å². The quantitative estimate of drug-likeness (QED) is 0.613. The molecule has 0 aliphatic rings. The lowest BCUT2D eigenvalue weighted by molar-refractivity contribution is 1.19. The number of H-pyrrole nitrogens is 1. The molecule has 2 nitrogen and oxygen atoms in total. The Morgan fingerprint density at radius 1 is 1.20 bits per heavy atom. The monoisotopic (exact) mass is 260 g/mol. The minimum atomic E-state index is 0.886.